The van der Waals surface area contributed by atoms with E-state index in [-0.39, 0.29) is 0 Å². The third-order valence-corrected chi connectivity index (χ3v) is 8.21. The van der Waals surface area contributed by atoms with Gasteiger partial charge in [-0.15, -0.1) is 0 Å². The van der Waals surface area contributed by atoms with Gasteiger partial charge in [-0.05, 0) is 25.7 Å². The van der Waals surface area contributed by atoms with E-state index in [0.717, 1.165) is 27.7 Å². The summed E-state index contributed by atoms with van der Waals surface area (Å²) in [7, 11) is 0. The summed E-state index contributed by atoms with van der Waals surface area (Å²) in [5.74, 6) is 0.742. The maximum atomic E-state index is 13.6. The predicted octanol–water partition coefficient (Wildman–Crippen LogP) is 7.33. The molecular formula is C29H35N3OS. The van der Waals surface area contributed by atoms with Crippen LogP contribution in [0.4, 0.5) is 0 Å². The Bertz CT molecular complexity index is 978. The largest absolute Gasteiger partial charge is 0.336 e. The van der Waals surface area contributed by atoms with Crippen LogP contribution in [0.15, 0.2) is 65.8 Å². The van der Waals surface area contributed by atoms with E-state index in [1.165, 1.54) is 64.2 Å². The molecule has 0 aliphatic heterocycles. The van der Waals surface area contributed by atoms with Crippen LogP contribution in [0, 0.1) is 0 Å². The lowest BCUT2D eigenvalue weighted by atomic mass is 9.88. The molecule has 5 heteroatoms. The van der Waals surface area contributed by atoms with Gasteiger partial charge in [-0.2, -0.15) is 0 Å². The lowest BCUT2D eigenvalue weighted by Gasteiger charge is -2.41. The Morgan fingerprint density at radius 2 is 1.32 bits per heavy atom. The fourth-order valence-corrected chi connectivity index (χ4v) is 6.41. The molecule has 2 saturated carbocycles. The molecule has 0 saturated heterocycles. The number of carbonyl (C=O) groups is 1. The molecule has 2 fully saturated rings. The molecular weight excluding hydrogens is 438 g/mol. The highest BCUT2D eigenvalue weighted by Gasteiger charge is 2.32. The first-order chi connectivity index (χ1) is 16.8. The fourth-order valence-electron chi connectivity index (χ4n) is 5.67. The molecule has 0 radical (unpaired) electrons. The van der Waals surface area contributed by atoms with Crippen LogP contribution in [-0.4, -0.2) is 38.6 Å². The third kappa shape index (κ3) is 5.41. The summed E-state index contributed by atoms with van der Waals surface area (Å²) < 4.78 is 0. The van der Waals surface area contributed by atoms with Gasteiger partial charge in [0.2, 0.25) is 5.91 Å². The summed E-state index contributed by atoms with van der Waals surface area (Å²) >= 11 is 1.55. The monoisotopic (exact) mass is 473 g/mol. The topological polar surface area (TPSA) is 49.0 Å². The SMILES string of the molecule is O=C(CSc1nc(-c2ccccc2)c(-c2ccccc2)[nH]1)N(C1CCCCC1)C1CCCCC1. The van der Waals surface area contributed by atoms with Gasteiger partial charge >= 0.3 is 0 Å². The average molecular weight is 474 g/mol. The molecule has 2 aromatic carbocycles. The quantitative estimate of drug-likeness (QED) is 0.365. The average Bonchev–Trinajstić information content (AvgIpc) is 3.34. The molecule has 5 rings (SSSR count). The number of nitrogens with zero attached hydrogens (tertiary/aromatic N) is 2. The summed E-state index contributed by atoms with van der Waals surface area (Å²) in [5.41, 5.74) is 4.15. The molecule has 178 valence electrons. The Hall–Kier alpha value is -2.53. The van der Waals surface area contributed by atoms with Crippen LogP contribution >= 0.6 is 11.8 Å². The van der Waals surface area contributed by atoms with E-state index in [0.29, 0.717) is 23.7 Å². The summed E-state index contributed by atoms with van der Waals surface area (Å²) in [5, 5.41) is 0.818. The number of carbonyl (C=O) groups excluding carboxylic acids is 1. The molecule has 0 unspecified atom stereocenters. The van der Waals surface area contributed by atoms with Crippen LogP contribution in [0.25, 0.3) is 22.5 Å². The molecule has 3 aromatic rings. The molecule has 1 heterocycles. The number of benzene rings is 2. The van der Waals surface area contributed by atoms with Gasteiger partial charge in [0, 0.05) is 23.2 Å². The van der Waals surface area contributed by atoms with E-state index >= 15 is 0 Å². The second-order valence-electron chi connectivity index (χ2n) is 9.67. The smallest absolute Gasteiger partial charge is 0.233 e. The van der Waals surface area contributed by atoms with Crippen molar-refractivity contribution in [1.82, 2.24) is 14.9 Å². The maximum absolute atomic E-state index is 13.6. The molecule has 1 amide bonds. The minimum absolute atomic E-state index is 0.294. The van der Waals surface area contributed by atoms with Gasteiger partial charge < -0.3 is 9.88 Å². The molecule has 1 N–H and O–H groups in total. The number of amides is 1. The van der Waals surface area contributed by atoms with Crippen molar-refractivity contribution in [3.05, 3.63) is 60.7 Å². The second kappa shape index (κ2) is 11.3. The summed E-state index contributed by atoms with van der Waals surface area (Å²) in [6.45, 7) is 0. The number of imidazole rings is 1. The van der Waals surface area contributed by atoms with Crippen molar-refractivity contribution < 1.29 is 4.79 Å². The zero-order valence-corrected chi connectivity index (χ0v) is 20.7. The molecule has 34 heavy (non-hydrogen) atoms. The van der Waals surface area contributed by atoms with Gasteiger partial charge in [-0.3, -0.25) is 4.79 Å². The normalized spacial score (nSPS) is 17.5. The van der Waals surface area contributed by atoms with Crippen LogP contribution in [0.3, 0.4) is 0 Å². The van der Waals surface area contributed by atoms with E-state index in [9.17, 15) is 4.79 Å². The lowest BCUT2D eigenvalue weighted by Crippen LogP contribution is -2.49. The predicted molar refractivity (Wildman–Crippen MR) is 141 cm³/mol. The molecule has 0 bridgehead atoms. The van der Waals surface area contributed by atoms with Gasteiger partial charge in [0.1, 0.15) is 0 Å². The molecule has 1 aromatic heterocycles. The van der Waals surface area contributed by atoms with Crippen molar-refractivity contribution in [1.29, 1.82) is 0 Å². The van der Waals surface area contributed by atoms with Crippen LogP contribution < -0.4 is 0 Å². The number of aromatic nitrogens is 2. The first kappa shape index (κ1) is 23.2. The summed E-state index contributed by atoms with van der Waals surface area (Å²) in [6, 6.07) is 21.5. The van der Waals surface area contributed by atoms with Gasteiger partial charge in [0.15, 0.2) is 5.16 Å². The Morgan fingerprint density at radius 3 is 1.88 bits per heavy atom. The first-order valence-corrected chi connectivity index (χ1v) is 13.9. The number of hydrogen-bond donors (Lipinski definition) is 1. The summed E-state index contributed by atoms with van der Waals surface area (Å²) in [4.78, 5) is 24.4. The highest BCUT2D eigenvalue weighted by molar-refractivity contribution is 7.99. The van der Waals surface area contributed by atoms with E-state index < -0.39 is 0 Å². The molecule has 0 spiro atoms. The number of nitrogens with one attached hydrogen (secondary N) is 1. The number of rotatable bonds is 7. The second-order valence-corrected chi connectivity index (χ2v) is 10.6. The maximum Gasteiger partial charge on any atom is 0.233 e. The Balaban J connectivity index is 1.36. The Kier molecular flexibility index (Phi) is 7.69. The van der Waals surface area contributed by atoms with Crippen molar-refractivity contribution in [2.24, 2.45) is 0 Å². The van der Waals surface area contributed by atoms with Crippen LogP contribution in [0.5, 0.6) is 0 Å². The van der Waals surface area contributed by atoms with Crippen LogP contribution in [-0.2, 0) is 4.79 Å². The molecule has 4 nitrogen and oxygen atoms in total. The number of aromatic amines is 1. The number of thioether (sulfide) groups is 1. The van der Waals surface area contributed by atoms with Crippen molar-refractivity contribution in [2.75, 3.05) is 5.75 Å². The Morgan fingerprint density at radius 1 is 0.794 bits per heavy atom. The Labute approximate surface area is 207 Å². The minimum Gasteiger partial charge on any atom is -0.336 e. The summed E-state index contributed by atoms with van der Waals surface area (Å²) in [6.07, 6.45) is 12.3. The van der Waals surface area contributed by atoms with Gasteiger partial charge in [0.05, 0.1) is 17.1 Å². The highest BCUT2D eigenvalue weighted by atomic mass is 32.2. The minimum atomic E-state index is 0.294. The van der Waals surface area contributed by atoms with Gasteiger partial charge in [-0.25, -0.2) is 4.98 Å². The number of H-pyrrole nitrogens is 1. The van der Waals surface area contributed by atoms with Crippen LogP contribution in [0.1, 0.15) is 64.2 Å². The van der Waals surface area contributed by atoms with E-state index in [2.05, 4.69) is 34.1 Å². The van der Waals surface area contributed by atoms with E-state index in [4.69, 9.17) is 4.98 Å². The number of hydrogen-bond acceptors (Lipinski definition) is 3. The zero-order valence-electron chi connectivity index (χ0n) is 19.9. The van der Waals surface area contributed by atoms with Crippen molar-refractivity contribution >= 4 is 17.7 Å². The van der Waals surface area contributed by atoms with Gasteiger partial charge in [-0.1, -0.05) is 111 Å². The van der Waals surface area contributed by atoms with Crippen molar-refractivity contribution in [2.45, 2.75) is 81.4 Å². The van der Waals surface area contributed by atoms with Gasteiger partial charge in [0.25, 0.3) is 0 Å². The van der Waals surface area contributed by atoms with Crippen molar-refractivity contribution in [3.63, 3.8) is 0 Å². The molecule has 0 atom stereocenters. The first-order valence-electron chi connectivity index (χ1n) is 12.9. The molecule has 2 aliphatic carbocycles. The van der Waals surface area contributed by atoms with E-state index in [1.807, 2.05) is 36.4 Å². The standard InChI is InChI=1S/C29H35N3OS/c33-26(32(24-17-9-3-10-18-24)25-19-11-4-12-20-25)21-34-29-30-27(22-13-5-1-6-14-22)28(31-29)23-15-7-2-8-16-23/h1-2,5-8,13-16,24-25H,3-4,9-12,17-21H2,(H,30,31). The third-order valence-electron chi connectivity index (χ3n) is 7.35. The van der Waals surface area contributed by atoms with E-state index in [1.54, 1.807) is 11.8 Å². The molecule has 2 aliphatic rings. The highest BCUT2D eigenvalue weighted by Crippen LogP contribution is 2.34. The zero-order chi connectivity index (χ0) is 23.2. The lowest BCUT2D eigenvalue weighted by molar-refractivity contribution is -0.135. The van der Waals surface area contributed by atoms with Crippen LogP contribution in [0.2, 0.25) is 0 Å². The fraction of sp³-hybridized carbons (Fsp3) is 0.448. The van der Waals surface area contributed by atoms with Crippen molar-refractivity contribution in [3.8, 4) is 22.5 Å².